The first-order chi connectivity index (χ1) is 25.6. The number of carbonyl (C=O) groups excluding carboxylic acids is 1. The molecule has 0 saturated heterocycles. The number of aliphatic hydroxyl groups is 2. The molecule has 11 nitrogen and oxygen atoms in total. The predicted molar refractivity (Wildman–Crippen MR) is 207 cm³/mol. The van der Waals surface area contributed by atoms with Gasteiger partial charge in [-0.1, -0.05) is 29.8 Å². The fourth-order valence-corrected chi connectivity index (χ4v) is 8.78. The SMILES string of the molecule is COc1cc(OCCCN(C)C2CCC(OC(=O)C(O)(c3cccs3)c3cccs3)CC2)c(Cl)cc1CNC[C@H](O)c1ccc(O)c2[nH]c(=O)ccc12. The fraction of sp³-hybridized carbons (Fsp3) is 0.385. The van der Waals surface area contributed by atoms with Gasteiger partial charge in [0.1, 0.15) is 23.4 Å². The van der Waals surface area contributed by atoms with Crippen molar-refractivity contribution in [3.05, 3.63) is 108 Å². The number of esters is 1. The summed E-state index contributed by atoms with van der Waals surface area (Å²) in [6.07, 6.45) is 2.86. The number of phenols is 1. The second kappa shape index (κ2) is 17.5. The number of nitrogens with one attached hydrogen (secondary N) is 2. The Hall–Kier alpha value is -3.95. The number of aromatic nitrogens is 1. The number of fused-ring (bicyclic) bond motifs is 1. The largest absolute Gasteiger partial charge is 0.506 e. The van der Waals surface area contributed by atoms with Crippen molar-refractivity contribution in [1.29, 1.82) is 0 Å². The lowest BCUT2D eigenvalue weighted by Crippen LogP contribution is -2.42. The topological polar surface area (TPSA) is 154 Å². The van der Waals surface area contributed by atoms with E-state index in [0.717, 1.165) is 44.2 Å². The van der Waals surface area contributed by atoms with Crippen LogP contribution >= 0.6 is 34.3 Å². The molecule has 3 aromatic heterocycles. The number of halogens is 1. The average Bonchev–Trinajstić information content (AvgIpc) is 3.91. The normalized spacial score (nSPS) is 16.9. The summed E-state index contributed by atoms with van der Waals surface area (Å²) in [6.45, 7) is 1.84. The van der Waals surface area contributed by atoms with Crippen LogP contribution in [-0.2, 0) is 21.7 Å². The van der Waals surface area contributed by atoms with Gasteiger partial charge in [-0.3, -0.25) is 4.79 Å². The maximum atomic E-state index is 13.4. The molecule has 0 aliphatic heterocycles. The minimum atomic E-state index is -1.79. The summed E-state index contributed by atoms with van der Waals surface area (Å²) in [6, 6.07) is 17.1. The van der Waals surface area contributed by atoms with Gasteiger partial charge in [0, 0.05) is 48.8 Å². The number of aromatic hydroxyl groups is 1. The van der Waals surface area contributed by atoms with Crippen LogP contribution in [0.5, 0.6) is 17.2 Å². The molecule has 1 aliphatic rings. The van der Waals surface area contributed by atoms with E-state index < -0.39 is 17.7 Å². The van der Waals surface area contributed by atoms with Crippen LogP contribution in [-0.4, -0.2) is 77.2 Å². The van der Waals surface area contributed by atoms with E-state index in [0.29, 0.717) is 56.4 Å². The van der Waals surface area contributed by atoms with Gasteiger partial charge in [-0.15, -0.1) is 22.7 Å². The second-order valence-corrected chi connectivity index (χ2v) is 15.5. The summed E-state index contributed by atoms with van der Waals surface area (Å²) < 4.78 is 17.6. The molecule has 14 heteroatoms. The molecular formula is C39H44ClN3O8S2. The standard InChI is InChI=1S/C39H44ClN3O8S2/c1-43(25-8-10-26(11-9-25)51-38(47)39(48,34-6-3-18-52-34)35-7-4-19-53-35)16-5-17-50-33-21-32(49-2)24(20-29(33)40)22-41-23-31(45)27-12-14-30(44)37-28(27)13-15-36(46)42-37/h3-4,6-7,12-15,18-21,25-26,31,41,44-45,48H,5,8-11,16-17,22-23H2,1-2H3,(H,42,46)/t25?,26?,31-/m0/s1. The summed E-state index contributed by atoms with van der Waals surface area (Å²) in [4.78, 5) is 31.1. The Bertz CT molecular complexity index is 2000. The van der Waals surface area contributed by atoms with Crippen LogP contribution in [0.4, 0.5) is 0 Å². The molecule has 1 fully saturated rings. The highest BCUT2D eigenvalue weighted by Crippen LogP contribution is 2.38. The van der Waals surface area contributed by atoms with Crippen molar-refractivity contribution in [1.82, 2.24) is 15.2 Å². The third-order valence-corrected chi connectivity index (χ3v) is 12.0. The van der Waals surface area contributed by atoms with Crippen molar-refractivity contribution in [3.63, 3.8) is 0 Å². The molecule has 2 aromatic carbocycles. The quantitative estimate of drug-likeness (QED) is 0.0567. The van der Waals surface area contributed by atoms with Crippen molar-refractivity contribution in [2.45, 2.75) is 62.5 Å². The average molecular weight is 782 g/mol. The van der Waals surface area contributed by atoms with Gasteiger partial charge in [-0.2, -0.15) is 0 Å². The van der Waals surface area contributed by atoms with Crippen molar-refractivity contribution in [2.75, 3.05) is 33.9 Å². The number of hydrogen-bond donors (Lipinski definition) is 5. The van der Waals surface area contributed by atoms with Gasteiger partial charge in [-0.25, -0.2) is 4.79 Å². The number of aliphatic hydroxyl groups excluding tert-OH is 1. The molecule has 0 radical (unpaired) electrons. The van der Waals surface area contributed by atoms with Crippen molar-refractivity contribution >= 4 is 51.1 Å². The number of thiophene rings is 2. The lowest BCUT2D eigenvalue weighted by molar-refractivity contribution is -0.169. The molecule has 53 heavy (non-hydrogen) atoms. The Kier molecular flexibility index (Phi) is 12.8. The number of ether oxygens (including phenoxy) is 3. The molecule has 1 saturated carbocycles. The van der Waals surface area contributed by atoms with E-state index in [1.807, 2.05) is 22.9 Å². The van der Waals surface area contributed by atoms with Crippen LogP contribution in [0.15, 0.2) is 76.2 Å². The number of phenolic OH excluding ortho intramolecular Hbond substituents is 1. The summed E-state index contributed by atoms with van der Waals surface area (Å²) in [7, 11) is 3.68. The molecule has 1 atom stereocenters. The van der Waals surface area contributed by atoms with E-state index >= 15 is 0 Å². The van der Waals surface area contributed by atoms with Crippen LogP contribution in [0.2, 0.25) is 5.02 Å². The highest BCUT2D eigenvalue weighted by atomic mass is 35.5. The molecule has 3 heterocycles. The van der Waals surface area contributed by atoms with Crippen LogP contribution in [0.25, 0.3) is 10.9 Å². The summed E-state index contributed by atoms with van der Waals surface area (Å²) in [5.41, 5.74) is -0.486. The first-order valence-corrected chi connectivity index (χ1v) is 19.7. The molecule has 5 N–H and O–H groups in total. The van der Waals surface area contributed by atoms with Gasteiger partial charge in [0.15, 0.2) is 0 Å². The zero-order chi connectivity index (χ0) is 37.5. The molecule has 0 unspecified atom stereocenters. The maximum Gasteiger partial charge on any atom is 0.349 e. The Labute approximate surface area is 320 Å². The number of H-pyrrole nitrogens is 1. The van der Waals surface area contributed by atoms with Gasteiger partial charge in [0.2, 0.25) is 11.2 Å². The minimum absolute atomic E-state index is 0.0643. The Morgan fingerprint density at radius 1 is 1.06 bits per heavy atom. The molecule has 0 spiro atoms. The van der Waals surface area contributed by atoms with Gasteiger partial charge >= 0.3 is 5.97 Å². The molecule has 0 amide bonds. The van der Waals surface area contributed by atoms with Gasteiger partial charge < -0.3 is 44.7 Å². The van der Waals surface area contributed by atoms with Crippen molar-refractivity contribution in [2.24, 2.45) is 0 Å². The van der Waals surface area contributed by atoms with Crippen molar-refractivity contribution in [3.8, 4) is 17.2 Å². The molecular weight excluding hydrogens is 738 g/mol. The summed E-state index contributed by atoms with van der Waals surface area (Å²) in [5, 5.41) is 40.5. The number of pyridine rings is 1. The summed E-state index contributed by atoms with van der Waals surface area (Å²) >= 11 is 9.30. The molecule has 0 bridgehead atoms. The zero-order valence-corrected chi connectivity index (χ0v) is 31.9. The Morgan fingerprint density at radius 3 is 2.43 bits per heavy atom. The Balaban J connectivity index is 0.942. The number of nitrogens with zero attached hydrogens (tertiary/aromatic N) is 1. The molecule has 5 aromatic rings. The number of aromatic amines is 1. The van der Waals surface area contributed by atoms with E-state index in [1.54, 1.807) is 43.5 Å². The third kappa shape index (κ3) is 8.89. The lowest BCUT2D eigenvalue weighted by Gasteiger charge is -2.35. The zero-order valence-electron chi connectivity index (χ0n) is 29.5. The number of rotatable bonds is 16. The van der Waals surface area contributed by atoms with Gasteiger partial charge in [0.05, 0.1) is 40.1 Å². The van der Waals surface area contributed by atoms with E-state index in [4.69, 9.17) is 25.8 Å². The van der Waals surface area contributed by atoms with Crippen LogP contribution in [0.1, 0.15) is 59.1 Å². The summed E-state index contributed by atoms with van der Waals surface area (Å²) in [5.74, 6) is 0.435. The highest BCUT2D eigenvalue weighted by molar-refractivity contribution is 7.12. The monoisotopic (exact) mass is 781 g/mol. The van der Waals surface area contributed by atoms with Crippen molar-refractivity contribution < 1.29 is 34.3 Å². The molecule has 6 rings (SSSR count). The van der Waals surface area contributed by atoms with E-state index in [2.05, 4.69) is 22.2 Å². The van der Waals surface area contributed by atoms with Crippen LogP contribution in [0.3, 0.4) is 0 Å². The van der Waals surface area contributed by atoms with Crippen LogP contribution in [0, 0.1) is 0 Å². The number of benzene rings is 2. The third-order valence-electron chi connectivity index (χ3n) is 9.76. The van der Waals surface area contributed by atoms with E-state index in [1.165, 1.54) is 34.8 Å². The lowest BCUT2D eigenvalue weighted by atomic mass is 9.91. The van der Waals surface area contributed by atoms with E-state index in [-0.39, 0.29) is 29.5 Å². The smallest absolute Gasteiger partial charge is 0.349 e. The predicted octanol–water partition coefficient (Wildman–Crippen LogP) is 6.33. The van der Waals surface area contributed by atoms with Crippen LogP contribution < -0.4 is 20.3 Å². The van der Waals surface area contributed by atoms with Gasteiger partial charge in [0.25, 0.3) is 0 Å². The van der Waals surface area contributed by atoms with Gasteiger partial charge in [-0.05, 0) is 85.8 Å². The first-order valence-electron chi connectivity index (χ1n) is 17.5. The highest BCUT2D eigenvalue weighted by Gasteiger charge is 2.45. The minimum Gasteiger partial charge on any atom is -0.506 e. The maximum absolute atomic E-state index is 13.4. The fourth-order valence-electron chi connectivity index (χ4n) is 6.83. The molecule has 282 valence electrons. The first kappa shape index (κ1) is 38.8. The second-order valence-electron chi connectivity index (χ2n) is 13.2. The number of hydrogen-bond acceptors (Lipinski definition) is 12. The van der Waals surface area contributed by atoms with E-state index in [9.17, 15) is 24.9 Å². The number of methoxy groups -OCH3 is 1. The molecule has 1 aliphatic carbocycles. The number of carbonyl (C=O) groups is 1. The Morgan fingerprint density at radius 2 is 1.77 bits per heavy atom.